The minimum absolute atomic E-state index is 0.354. The Morgan fingerprint density at radius 2 is 1.76 bits per heavy atom. The second-order valence-electron chi connectivity index (χ2n) is 7.07. The third-order valence-electron chi connectivity index (χ3n) is 4.98. The van der Waals surface area contributed by atoms with E-state index in [0.717, 1.165) is 24.7 Å². The Kier molecular flexibility index (Phi) is 6.10. The van der Waals surface area contributed by atoms with Gasteiger partial charge in [-0.3, -0.25) is 0 Å². The molecule has 1 aliphatic rings. The molecule has 0 spiro atoms. The van der Waals surface area contributed by atoms with Gasteiger partial charge in [0, 0.05) is 12.1 Å². The fourth-order valence-electron chi connectivity index (χ4n) is 3.66. The molecule has 0 saturated heterocycles. The van der Waals surface area contributed by atoms with E-state index in [-0.39, 0.29) is 0 Å². The summed E-state index contributed by atoms with van der Waals surface area (Å²) < 4.78 is 0. The first kappa shape index (κ1) is 16.4. The van der Waals surface area contributed by atoms with Gasteiger partial charge in [-0.25, -0.2) is 0 Å². The lowest BCUT2D eigenvalue weighted by atomic mass is 9.77. The van der Waals surface area contributed by atoms with Gasteiger partial charge in [0.1, 0.15) is 5.75 Å². The van der Waals surface area contributed by atoms with Crippen molar-refractivity contribution in [2.45, 2.75) is 71.4 Å². The molecule has 1 saturated carbocycles. The number of rotatable bonds is 6. The van der Waals surface area contributed by atoms with Gasteiger partial charge in [0.15, 0.2) is 0 Å². The highest BCUT2D eigenvalue weighted by atomic mass is 16.3. The van der Waals surface area contributed by atoms with Crippen molar-refractivity contribution in [1.82, 2.24) is 5.32 Å². The first-order valence-corrected chi connectivity index (χ1v) is 8.60. The second-order valence-corrected chi connectivity index (χ2v) is 7.07. The molecule has 0 aliphatic heterocycles. The molecule has 1 aromatic rings. The van der Waals surface area contributed by atoms with Crippen molar-refractivity contribution in [3.8, 4) is 5.75 Å². The summed E-state index contributed by atoms with van der Waals surface area (Å²) in [5.74, 6) is 1.98. The first-order chi connectivity index (χ1) is 10.1. The number of nitrogens with one attached hydrogen (secondary N) is 1. The van der Waals surface area contributed by atoms with Gasteiger partial charge in [0.05, 0.1) is 0 Å². The number of hydrogen-bond acceptors (Lipinski definition) is 2. The van der Waals surface area contributed by atoms with Crippen LogP contribution < -0.4 is 5.32 Å². The van der Waals surface area contributed by atoms with Gasteiger partial charge < -0.3 is 10.4 Å². The molecule has 3 unspecified atom stereocenters. The predicted molar refractivity (Wildman–Crippen MR) is 89.6 cm³/mol. The molecule has 0 amide bonds. The van der Waals surface area contributed by atoms with Crippen LogP contribution in [-0.4, -0.2) is 17.2 Å². The molecule has 21 heavy (non-hydrogen) atoms. The van der Waals surface area contributed by atoms with Crippen LogP contribution in [0.15, 0.2) is 24.3 Å². The van der Waals surface area contributed by atoms with Crippen molar-refractivity contribution in [2.24, 2.45) is 11.8 Å². The topological polar surface area (TPSA) is 32.3 Å². The van der Waals surface area contributed by atoms with Gasteiger partial charge in [0.25, 0.3) is 0 Å². The molecule has 2 heteroatoms. The maximum Gasteiger partial charge on any atom is 0.115 e. The first-order valence-electron chi connectivity index (χ1n) is 8.60. The molecule has 0 radical (unpaired) electrons. The lowest BCUT2D eigenvalue weighted by Gasteiger charge is -2.37. The van der Waals surface area contributed by atoms with Crippen LogP contribution in [0.25, 0.3) is 0 Å². The van der Waals surface area contributed by atoms with E-state index in [9.17, 15) is 5.11 Å². The molecule has 2 N–H and O–H groups in total. The van der Waals surface area contributed by atoms with Crippen molar-refractivity contribution >= 4 is 0 Å². The van der Waals surface area contributed by atoms with E-state index in [1.165, 1.54) is 31.2 Å². The zero-order valence-corrected chi connectivity index (χ0v) is 13.8. The summed E-state index contributed by atoms with van der Waals surface area (Å²) >= 11 is 0. The van der Waals surface area contributed by atoms with E-state index < -0.39 is 0 Å². The smallest absolute Gasteiger partial charge is 0.115 e. The van der Waals surface area contributed by atoms with Crippen molar-refractivity contribution in [3.63, 3.8) is 0 Å². The summed E-state index contributed by atoms with van der Waals surface area (Å²) in [5.41, 5.74) is 1.31. The summed E-state index contributed by atoms with van der Waals surface area (Å²) in [6.45, 7) is 7.05. The minimum Gasteiger partial charge on any atom is -0.508 e. The van der Waals surface area contributed by atoms with E-state index in [1.807, 2.05) is 12.1 Å². The highest BCUT2D eigenvalue weighted by Gasteiger charge is 2.27. The highest BCUT2D eigenvalue weighted by molar-refractivity contribution is 5.25. The number of aryl methyl sites for hydroxylation is 1. The van der Waals surface area contributed by atoms with Gasteiger partial charge in [-0.05, 0) is 62.1 Å². The Morgan fingerprint density at radius 3 is 2.43 bits per heavy atom. The third-order valence-corrected chi connectivity index (χ3v) is 4.98. The molecule has 2 nitrogen and oxygen atoms in total. The van der Waals surface area contributed by atoms with Crippen LogP contribution in [0.1, 0.15) is 58.4 Å². The van der Waals surface area contributed by atoms with Crippen LogP contribution in [0.2, 0.25) is 0 Å². The summed E-state index contributed by atoms with van der Waals surface area (Å²) in [6.07, 6.45) is 7.75. The number of benzene rings is 1. The average molecular weight is 289 g/mol. The fraction of sp³-hybridized carbons (Fsp3) is 0.684. The molecular weight excluding hydrogens is 258 g/mol. The standard InChI is InChI=1S/C19H31NO/c1-14(2)18-6-4-5-7-19(18)20-15(3)8-9-16-10-12-17(21)13-11-16/h10-15,18-21H,4-9H2,1-3H3. The lowest BCUT2D eigenvalue weighted by molar-refractivity contribution is 0.192. The number of phenolic OH excluding ortho intramolecular Hbond substituents is 1. The molecule has 1 aliphatic carbocycles. The Morgan fingerprint density at radius 1 is 1.10 bits per heavy atom. The fourth-order valence-corrected chi connectivity index (χ4v) is 3.66. The largest absolute Gasteiger partial charge is 0.508 e. The van der Waals surface area contributed by atoms with Gasteiger partial charge in [0.2, 0.25) is 0 Å². The van der Waals surface area contributed by atoms with E-state index in [0.29, 0.717) is 17.8 Å². The maximum absolute atomic E-state index is 9.32. The Balaban J connectivity index is 1.80. The van der Waals surface area contributed by atoms with Gasteiger partial charge >= 0.3 is 0 Å². The van der Waals surface area contributed by atoms with Crippen molar-refractivity contribution in [2.75, 3.05) is 0 Å². The third kappa shape index (κ3) is 5.03. The van der Waals surface area contributed by atoms with E-state index >= 15 is 0 Å². The molecule has 0 aromatic heterocycles. The average Bonchev–Trinajstić information content (AvgIpc) is 2.47. The minimum atomic E-state index is 0.354. The maximum atomic E-state index is 9.32. The van der Waals surface area contributed by atoms with Gasteiger partial charge in [-0.1, -0.05) is 38.8 Å². The summed E-state index contributed by atoms with van der Waals surface area (Å²) in [5, 5.41) is 13.2. The van der Waals surface area contributed by atoms with Gasteiger partial charge in [-0.15, -0.1) is 0 Å². The Hall–Kier alpha value is -1.02. The van der Waals surface area contributed by atoms with Gasteiger partial charge in [-0.2, -0.15) is 0 Å². The Labute approximate surface area is 130 Å². The number of phenols is 1. The quantitative estimate of drug-likeness (QED) is 0.807. The molecule has 0 heterocycles. The molecule has 0 bridgehead atoms. The SMILES string of the molecule is CC(CCc1ccc(O)cc1)NC1CCCCC1C(C)C. The molecular formula is C19H31NO. The summed E-state index contributed by atoms with van der Waals surface area (Å²) in [7, 11) is 0. The van der Waals surface area contributed by atoms with E-state index in [1.54, 1.807) is 12.1 Å². The number of aromatic hydroxyl groups is 1. The lowest BCUT2D eigenvalue weighted by Crippen LogP contribution is -2.45. The predicted octanol–water partition coefficient (Wildman–Crippen LogP) is 4.52. The van der Waals surface area contributed by atoms with Crippen LogP contribution >= 0.6 is 0 Å². The zero-order valence-electron chi connectivity index (χ0n) is 13.8. The van der Waals surface area contributed by atoms with Crippen LogP contribution in [0.3, 0.4) is 0 Å². The normalized spacial score (nSPS) is 24.2. The molecule has 118 valence electrons. The molecule has 1 aromatic carbocycles. The van der Waals surface area contributed by atoms with Crippen LogP contribution in [-0.2, 0) is 6.42 Å². The van der Waals surface area contributed by atoms with Crippen molar-refractivity contribution in [1.29, 1.82) is 0 Å². The summed E-state index contributed by atoms with van der Waals surface area (Å²) in [6, 6.07) is 8.88. The monoisotopic (exact) mass is 289 g/mol. The zero-order chi connectivity index (χ0) is 15.2. The van der Waals surface area contributed by atoms with Crippen LogP contribution in [0.4, 0.5) is 0 Å². The van der Waals surface area contributed by atoms with E-state index in [2.05, 4.69) is 26.1 Å². The molecule has 1 fully saturated rings. The molecule has 3 atom stereocenters. The Bertz CT molecular complexity index is 412. The van der Waals surface area contributed by atoms with E-state index in [4.69, 9.17) is 0 Å². The highest BCUT2D eigenvalue weighted by Crippen LogP contribution is 2.30. The number of hydrogen-bond donors (Lipinski definition) is 2. The van der Waals surface area contributed by atoms with Crippen LogP contribution in [0, 0.1) is 11.8 Å². The molecule has 2 rings (SSSR count). The van der Waals surface area contributed by atoms with Crippen molar-refractivity contribution < 1.29 is 5.11 Å². The van der Waals surface area contributed by atoms with Crippen molar-refractivity contribution in [3.05, 3.63) is 29.8 Å². The summed E-state index contributed by atoms with van der Waals surface area (Å²) in [4.78, 5) is 0. The second kappa shape index (κ2) is 7.84. The van der Waals surface area contributed by atoms with Crippen LogP contribution in [0.5, 0.6) is 5.75 Å².